The maximum absolute atomic E-state index is 12.9. The SMILES string of the molecule is CC1(C)C(N)C1c1cc(F)ccn1. The first-order chi connectivity index (χ1) is 6.03. The van der Waals surface area contributed by atoms with Gasteiger partial charge in [0, 0.05) is 23.9 Å². The zero-order chi connectivity index (χ0) is 9.64. The van der Waals surface area contributed by atoms with Crippen molar-refractivity contribution in [3.63, 3.8) is 0 Å². The molecule has 1 aromatic heterocycles. The van der Waals surface area contributed by atoms with Crippen LogP contribution in [0.15, 0.2) is 18.3 Å². The van der Waals surface area contributed by atoms with E-state index in [9.17, 15) is 4.39 Å². The Hall–Kier alpha value is -0.960. The highest BCUT2D eigenvalue weighted by Crippen LogP contribution is 2.56. The van der Waals surface area contributed by atoms with Crippen molar-refractivity contribution in [2.75, 3.05) is 0 Å². The molecule has 2 atom stereocenters. The van der Waals surface area contributed by atoms with E-state index in [1.165, 1.54) is 18.3 Å². The van der Waals surface area contributed by atoms with Gasteiger partial charge in [-0.05, 0) is 17.5 Å². The minimum Gasteiger partial charge on any atom is -0.327 e. The van der Waals surface area contributed by atoms with Crippen LogP contribution in [0, 0.1) is 11.2 Å². The highest BCUT2D eigenvalue weighted by atomic mass is 19.1. The van der Waals surface area contributed by atoms with Crippen molar-refractivity contribution in [2.45, 2.75) is 25.8 Å². The second-order valence-corrected chi connectivity index (χ2v) is 4.22. The van der Waals surface area contributed by atoms with Gasteiger partial charge in [-0.2, -0.15) is 0 Å². The van der Waals surface area contributed by atoms with E-state index in [1.807, 2.05) is 0 Å². The van der Waals surface area contributed by atoms with Crippen molar-refractivity contribution in [2.24, 2.45) is 11.1 Å². The molecule has 2 rings (SSSR count). The first kappa shape index (κ1) is 8.63. The molecule has 70 valence electrons. The molecule has 0 bridgehead atoms. The van der Waals surface area contributed by atoms with Gasteiger partial charge in [0.2, 0.25) is 0 Å². The molecule has 0 aromatic carbocycles. The molecule has 2 nitrogen and oxygen atoms in total. The highest BCUT2D eigenvalue weighted by Gasteiger charge is 2.57. The largest absolute Gasteiger partial charge is 0.327 e. The monoisotopic (exact) mass is 180 g/mol. The van der Waals surface area contributed by atoms with Crippen LogP contribution < -0.4 is 5.73 Å². The van der Waals surface area contributed by atoms with Crippen LogP contribution in [-0.4, -0.2) is 11.0 Å². The van der Waals surface area contributed by atoms with Gasteiger partial charge in [0.1, 0.15) is 5.82 Å². The van der Waals surface area contributed by atoms with Gasteiger partial charge in [-0.15, -0.1) is 0 Å². The number of nitrogens with two attached hydrogens (primary N) is 1. The Bertz CT molecular complexity index is 335. The predicted octanol–water partition coefficient (Wildman–Crippen LogP) is 1.67. The van der Waals surface area contributed by atoms with Crippen molar-refractivity contribution < 1.29 is 4.39 Å². The maximum atomic E-state index is 12.9. The average molecular weight is 180 g/mol. The molecule has 1 aromatic rings. The summed E-state index contributed by atoms with van der Waals surface area (Å²) >= 11 is 0. The fourth-order valence-electron chi connectivity index (χ4n) is 1.83. The lowest BCUT2D eigenvalue weighted by atomic mass is 10.1. The van der Waals surface area contributed by atoms with Gasteiger partial charge < -0.3 is 5.73 Å². The van der Waals surface area contributed by atoms with Crippen LogP contribution in [0.2, 0.25) is 0 Å². The summed E-state index contributed by atoms with van der Waals surface area (Å²) in [4.78, 5) is 4.13. The van der Waals surface area contributed by atoms with Crippen LogP contribution >= 0.6 is 0 Å². The van der Waals surface area contributed by atoms with Crippen molar-refractivity contribution in [1.82, 2.24) is 4.98 Å². The molecule has 2 unspecified atom stereocenters. The quantitative estimate of drug-likeness (QED) is 0.714. The van der Waals surface area contributed by atoms with Gasteiger partial charge in [0.25, 0.3) is 0 Å². The fraction of sp³-hybridized carbons (Fsp3) is 0.500. The second kappa shape index (κ2) is 2.51. The third-order valence-electron chi connectivity index (χ3n) is 2.97. The molecule has 1 aliphatic carbocycles. The van der Waals surface area contributed by atoms with Crippen LogP contribution in [0.1, 0.15) is 25.5 Å². The number of nitrogens with zero attached hydrogens (tertiary/aromatic N) is 1. The number of hydrogen-bond acceptors (Lipinski definition) is 2. The molecular weight excluding hydrogens is 167 g/mol. The zero-order valence-corrected chi connectivity index (χ0v) is 7.79. The van der Waals surface area contributed by atoms with E-state index in [4.69, 9.17) is 5.73 Å². The number of halogens is 1. The minimum atomic E-state index is -0.236. The predicted molar refractivity (Wildman–Crippen MR) is 48.7 cm³/mol. The maximum Gasteiger partial charge on any atom is 0.126 e. The molecule has 2 N–H and O–H groups in total. The topological polar surface area (TPSA) is 38.9 Å². The Morgan fingerprint density at radius 3 is 2.62 bits per heavy atom. The average Bonchev–Trinajstić information content (AvgIpc) is 2.51. The number of aromatic nitrogens is 1. The summed E-state index contributed by atoms with van der Waals surface area (Å²) < 4.78 is 12.9. The fourth-order valence-corrected chi connectivity index (χ4v) is 1.83. The molecule has 1 heterocycles. The number of rotatable bonds is 1. The lowest BCUT2D eigenvalue weighted by molar-refractivity contribution is 0.588. The van der Waals surface area contributed by atoms with E-state index in [0.717, 1.165) is 5.69 Å². The standard InChI is InChI=1S/C10H13FN2/c1-10(2)8(9(10)12)7-5-6(11)3-4-13-7/h3-5,8-9H,12H2,1-2H3. The number of pyridine rings is 1. The minimum absolute atomic E-state index is 0.0702. The highest BCUT2D eigenvalue weighted by molar-refractivity contribution is 5.28. The summed E-state index contributed by atoms with van der Waals surface area (Å²) in [6.07, 6.45) is 1.49. The molecule has 3 heteroatoms. The van der Waals surface area contributed by atoms with E-state index < -0.39 is 0 Å². The molecule has 0 spiro atoms. The van der Waals surface area contributed by atoms with Crippen molar-refractivity contribution >= 4 is 0 Å². The van der Waals surface area contributed by atoms with E-state index in [0.29, 0.717) is 0 Å². The second-order valence-electron chi connectivity index (χ2n) is 4.22. The van der Waals surface area contributed by atoms with Crippen molar-refractivity contribution in [1.29, 1.82) is 0 Å². The molecule has 1 saturated carbocycles. The molecular formula is C10H13FN2. The van der Waals surface area contributed by atoms with Crippen LogP contribution in [0.4, 0.5) is 4.39 Å². The lowest BCUT2D eigenvalue weighted by Gasteiger charge is -2.00. The molecule has 0 saturated heterocycles. The van der Waals surface area contributed by atoms with Gasteiger partial charge in [-0.1, -0.05) is 13.8 Å². The van der Waals surface area contributed by atoms with E-state index in [2.05, 4.69) is 18.8 Å². The molecule has 13 heavy (non-hydrogen) atoms. The third-order valence-corrected chi connectivity index (χ3v) is 2.97. The van der Waals surface area contributed by atoms with Gasteiger partial charge >= 0.3 is 0 Å². The Morgan fingerprint density at radius 2 is 2.15 bits per heavy atom. The van der Waals surface area contributed by atoms with Crippen LogP contribution in [0.5, 0.6) is 0 Å². The number of hydrogen-bond donors (Lipinski definition) is 1. The van der Waals surface area contributed by atoms with Crippen molar-refractivity contribution in [3.8, 4) is 0 Å². The molecule has 0 amide bonds. The third kappa shape index (κ3) is 1.23. The van der Waals surface area contributed by atoms with Crippen LogP contribution in [-0.2, 0) is 0 Å². The normalized spacial score (nSPS) is 30.2. The summed E-state index contributed by atoms with van der Waals surface area (Å²) in [6.45, 7) is 4.16. The molecule has 1 fully saturated rings. The Kier molecular flexibility index (Phi) is 1.67. The molecule has 0 radical (unpaired) electrons. The van der Waals surface area contributed by atoms with E-state index in [-0.39, 0.29) is 23.2 Å². The van der Waals surface area contributed by atoms with Crippen LogP contribution in [0.3, 0.4) is 0 Å². The Labute approximate surface area is 77.0 Å². The molecule has 1 aliphatic rings. The van der Waals surface area contributed by atoms with Gasteiger partial charge in [0.05, 0.1) is 0 Å². The van der Waals surface area contributed by atoms with Gasteiger partial charge in [-0.3, -0.25) is 4.98 Å². The first-order valence-electron chi connectivity index (χ1n) is 4.40. The van der Waals surface area contributed by atoms with Crippen molar-refractivity contribution in [3.05, 3.63) is 29.8 Å². The Morgan fingerprint density at radius 1 is 1.54 bits per heavy atom. The van der Waals surface area contributed by atoms with E-state index >= 15 is 0 Å². The summed E-state index contributed by atoms with van der Waals surface area (Å²) in [7, 11) is 0. The van der Waals surface area contributed by atoms with Gasteiger partial charge in [-0.25, -0.2) is 4.39 Å². The smallest absolute Gasteiger partial charge is 0.126 e. The summed E-state index contributed by atoms with van der Waals surface area (Å²) in [5.74, 6) is -0.0249. The van der Waals surface area contributed by atoms with Gasteiger partial charge in [0.15, 0.2) is 0 Å². The molecule has 0 aliphatic heterocycles. The van der Waals surface area contributed by atoms with E-state index in [1.54, 1.807) is 0 Å². The summed E-state index contributed by atoms with van der Waals surface area (Å²) in [5, 5.41) is 0. The summed E-state index contributed by atoms with van der Waals surface area (Å²) in [5.41, 5.74) is 6.71. The van der Waals surface area contributed by atoms with Crippen LogP contribution in [0.25, 0.3) is 0 Å². The lowest BCUT2D eigenvalue weighted by Crippen LogP contribution is -2.06. The first-order valence-corrected chi connectivity index (χ1v) is 4.40. The Balaban J connectivity index is 2.29. The summed E-state index contributed by atoms with van der Waals surface area (Å²) in [6, 6.07) is 2.94. The zero-order valence-electron chi connectivity index (χ0n) is 7.79.